The summed E-state index contributed by atoms with van der Waals surface area (Å²) in [6, 6.07) is 7.41. The molecule has 0 unspecified atom stereocenters. The first-order valence-corrected chi connectivity index (χ1v) is 5.76. The van der Waals surface area contributed by atoms with E-state index in [1.54, 1.807) is 6.07 Å². The van der Waals surface area contributed by atoms with Gasteiger partial charge in [-0.2, -0.15) is 0 Å². The standard InChI is InChI=1S/C13H21N3O/c1-15(2)8-5-9-16(3)12-7-4-6-11(10-12)13(14)17/h4,6-7,10H,5,8-9H2,1-3H3,(H2,14,17). The average Bonchev–Trinajstić information content (AvgIpc) is 2.28. The number of primary amides is 1. The quantitative estimate of drug-likeness (QED) is 0.805. The molecular weight excluding hydrogens is 214 g/mol. The Kier molecular flexibility index (Phi) is 4.97. The van der Waals surface area contributed by atoms with Crippen LogP contribution in [0.25, 0.3) is 0 Å². The fraction of sp³-hybridized carbons (Fsp3) is 0.462. The first-order chi connectivity index (χ1) is 8.00. The van der Waals surface area contributed by atoms with Crippen molar-refractivity contribution in [1.82, 2.24) is 4.90 Å². The topological polar surface area (TPSA) is 49.6 Å². The van der Waals surface area contributed by atoms with Crippen LogP contribution in [0.4, 0.5) is 5.69 Å². The number of rotatable bonds is 6. The molecule has 1 amide bonds. The van der Waals surface area contributed by atoms with Crippen molar-refractivity contribution in [3.05, 3.63) is 29.8 Å². The van der Waals surface area contributed by atoms with E-state index in [0.29, 0.717) is 5.56 Å². The van der Waals surface area contributed by atoms with Crippen LogP contribution in [0.3, 0.4) is 0 Å². The van der Waals surface area contributed by atoms with Crippen LogP contribution in [0.15, 0.2) is 24.3 Å². The number of nitrogens with two attached hydrogens (primary N) is 1. The van der Waals surface area contributed by atoms with Gasteiger partial charge in [0.15, 0.2) is 0 Å². The maximum atomic E-state index is 11.1. The lowest BCUT2D eigenvalue weighted by atomic mass is 10.2. The number of carbonyl (C=O) groups excluding carboxylic acids is 1. The lowest BCUT2D eigenvalue weighted by Crippen LogP contribution is -2.23. The van der Waals surface area contributed by atoms with Gasteiger partial charge in [-0.1, -0.05) is 6.07 Å². The van der Waals surface area contributed by atoms with Gasteiger partial charge in [0.05, 0.1) is 0 Å². The van der Waals surface area contributed by atoms with E-state index in [-0.39, 0.29) is 5.91 Å². The third-order valence-electron chi connectivity index (χ3n) is 2.67. The van der Waals surface area contributed by atoms with E-state index in [1.165, 1.54) is 0 Å². The summed E-state index contributed by atoms with van der Waals surface area (Å²) < 4.78 is 0. The Balaban J connectivity index is 2.59. The van der Waals surface area contributed by atoms with Crippen molar-refractivity contribution in [1.29, 1.82) is 0 Å². The molecular formula is C13H21N3O. The highest BCUT2D eigenvalue weighted by molar-refractivity contribution is 5.93. The van der Waals surface area contributed by atoms with Crippen LogP contribution in [-0.4, -0.2) is 45.0 Å². The molecule has 0 bridgehead atoms. The van der Waals surface area contributed by atoms with E-state index in [1.807, 2.05) is 25.2 Å². The average molecular weight is 235 g/mol. The van der Waals surface area contributed by atoms with Gasteiger partial charge in [0, 0.05) is 24.8 Å². The van der Waals surface area contributed by atoms with Crippen molar-refractivity contribution in [3.63, 3.8) is 0 Å². The Bertz CT molecular complexity index is 377. The smallest absolute Gasteiger partial charge is 0.248 e. The zero-order valence-electron chi connectivity index (χ0n) is 10.8. The van der Waals surface area contributed by atoms with Gasteiger partial charge < -0.3 is 15.5 Å². The predicted molar refractivity (Wildman–Crippen MR) is 71.4 cm³/mol. The third kappa shape index (κ3) is 4.44. The monoisotopic (exact) mass is 235 g/mol. The molecule has 1 aromatic rings. The third-order valence-corrected chi connectivity index (χ3v) is 2.67. The van der Waals surface area contributed by atoms with Crippen molar-refractivity contribution >= 4 is 11.6 Å². The van der Waals surface area contributed by atoms with E-state index in [9.17, 15) is 4.79 Å². The summed E-state index contributed by atoms with van der Waals surface area (Å²) in [4.78, 5) is 15.4. The summed E-state index contributed by atoms with van der Waals surface area (Å²) in [5.41, 5.74) is 6.84. The van der Waals surface area contributed by atoms with Crippen molar-refractivity contribution in [2.75, 3.05) is 39.1 Å². The lowest BCUT2D eigenvalue weighted by Gasteiger charge is -2.20. The van der Waals surface area contributed by atoms with Crippen molar-refractivity contribution in [2.45, 2.75) is 6.42 Å². The SMILES string of the molecule is CN(C)CCCN(C)c1cccc(C(N)=O)c1. The van der Waals surface area contributed by atoms with Gasteiger partial charge in [-0.15, -0.1) is 0 Å². The Morgan fingerprint density at radius 1 is 1.24 bits per heavy atom. The number of benzene rings is 1. The first-order valence-electron chi connectivity index (χ1n) is 5.76. The minimum absolute atomic E-state index is 0.381. The highest BCUT2D eigenvalue weighted by Gasteiger charge is 2.04. The number of amides is 1. The number of nitrogens with zero attached hydrogens (tertiary/aromatic N) is 2. The van der Waals surface area contributed by atoms with Gasteiger partial charge in [-0.25, -0.2) is 0 Å². The van der Waals surface area contributed by atoms with Gasteiger partial charge >= 0.3 is 0 Å². The molecule has 2 N–H and O–H groups in total. The molecule has 0 saturated heterocycles. The zero-order chi connectivity index (χ0) is 12.8. The van der Waals surface area contributed by atoms with Gasteiger partial charge in [0.1, 0.15) is 0 Å². The summed E-state index contributed by atoms with van der Waals surface area (Å²) >= 11 is 0. The second kappa shape index (κ2) is 6.25. The van der Waals surface area contributed by atoms with E-state index < -0.39 is 0 Å². The fourth-order valence-corrected chi connectivity index (χ4v) is 1.65. The molecule has 17 heavy (non-hydrogen) atoms. The molecule has 1 aromatic carbocycles. The van der Waals surface area contributed by atoms with Gasteiger partial charge in [0.2, 0.25) is 5.91 Å². The van der Waals surface area contributed by atoms with Crippen LogP contribution >= 0.6 is 0 Å². The molecule has 0 aromatic heterocycles. The molecule has 0 atom stereocenters. The molecule has 0 saturated carbocycles. The van der Waals surface area contributed by atoms with Crippen molar-refractivity contribution in [2.24, 2.45) is 5.73 Å². The van der Waals surface area contributed by atoms with Crippen LogP contribution in [0, 0.1) is 0 Å². The molecule has 0 heterocycles. The van der Waals surface area contributed by atoms with Gasteiger partial charge in [0.25, 0.3) is 0 Å². The van der Waals surface area contributed by atoms with Crippen molar-refractivity contribution in [3.8, 4) is 0 Å². The van der Waals surface area contributed by atoms with E-state index >= 15 is 0 Å². The van der Waals surface area contributed by atoms with E-state index in [2.05, 4.69) is 23.9 Å². The molecule has 94 valence electrons. The second-order valence-electron chi connectivity index (χ2n) is 4.49. The number of hydrogen-bond acceptors (Lipinski definition) is 3. The lowest BCUT2D eigenvalue weighted by molar-refractivity contribution is 0.100. The molecule has 0 spiro atoms. The molecule has 1 rings (SSSR count). The normalized spacial score (nSPS) is 10.6. The number of hydrogen-bond donors (Lipinski definition) is 1. The first kappa shape index (κ1) is 13.5. The largest absolute Gasteiger partial charge is 0.375 e. The zero-order valence-corrected chi connectivity index (χ0v) is 10.8. The van der Waals surface area contributed by atoms with Crippen LogP contribution < -0.4 is 10.6 Å². The van der Waals surface area contributed by atoms with Crippen LogP contribution in [0.5, 0.6) is 0 Å². The van der Waals surface area contributed by atoms with Crippen LogP contribution in [-0.2, 0) is 0 Å². The molecule has 0 aliphatic heterocycles. The predicted octanol–water partition coefficient (Wildman–Crippen LogP) is 1.17. The maximum absolute atomic E-state index is 11.1. The Morgan fingerprint density at radius 2 is 1.94 bits per heavy atom. The van der Waals surface area contributed by atoms with Gasteiger partial charge in [-0.05, 0) is 45.3 Å². The fourth-order valence-electron chi connectivity index (χ4n) is 1.65. The second-order valence-corrected chi connectivity index (χ2v) is 4.49. The molecule has 0 fully saturated rings. The molecule has 4 heteroatoms. The maximum Gasteiger partial charge on any atom is 0.248 e. The molecule has 4 nitrogen and oxygen atoms in total. The molecule has 0 aliphatic carbocycles. The molecule has 0 radical (unpaired) electrons. The minimum atomic E-state index is -0.381. The van der Waals surface area contributed by atoms with Crippen LogP contribution in [0.1, 0.15) is 16.8 Å². The summed E-state index contributed by atoms with van der Waals surface area (Å²) in [7, 11) is 6.15. The Morgan fingerprint density at radius 3 is 2.53 bits per heavy atom. The van der Waals surface area contributed by atoms with Gasteiger partial charge in [-0.3, -0.25) is 4.79 Å². The minimum Gasteiger partial charge on any atom is -0.375 e. The molecule has 0 aliphatic rings. The highest BCUT2D eigenvalue weighted by Crippen LogP contribution is 2.14. The summed E-state index contributed by atoms with van der Waals surface area (Å²) in [6.45, 7) is 2.01. The van der Waals surface area contributed by atoms with E-state index in [0.717, 1.165) is 25.2 Å². The van der Waals surface area contributed by atoms with Crippen LogP contribution in [0.2, 0.25) is 0 Å². The highest BCUT2D eigenvalue weighted by atomic mass is 16.1. The summed E-state index contributed by atoms with van der Waals surface area (Å²) in [6.07, 6.45) is 1.09. The summed E-state index contributed by atoms with van der Waals surface area (Å²) in [5, 5.41) is 0. The number of anilines is 1. The number of carbonyl (C=O) groups is 1. The Labute approximate surface area is 103 Å². The summed E-state index contributed by atoms with van der Waals surface area (Å²) in [5.74, 6) is -0.381. The Hall–Kier alpha value is -1.55. The van der Waals surface area contributed by atoms with Crippen molar-refractivity contribution < 1.29 is 4.79 Å². The van der Waals surface area contributed by atoms with E-state index in [4.69, 9.17) is 5.73 Å².